The van der Waals surface area contributed by atoms with Crippen LogP contribution in [0.1, 0.15) is 29.5 Å². The molecule has 1 unspecified atom stereocenters. The summed E-state index contributed by atoms with van der Waals surface area (Å²) >= 11 is 1.53. The highest BCUT2D eigenvalue weighted by Crippen LogP contribution is 2.40. The van der Waals surface area contributed by atoms with Crippen LogP contribution in [0.15, 0.2) is 65.5 Å². The van der Waals surface area contributed by atoms with Crippen LogP contribution in [0.4, 0.5) is 16.2 Å². The zero-order valence-corrected chi connectivity index (χ0v) is 22.9. The SMILES string of the molecule is O=C(O)N[C@H](Cc1c[nH]c2ccccc12)C(=O)NC1Cc2cccc(N3CCCC3=O)c2N(Cc2ccsc2)C1=O. The fourth-order valence-electron chi connectivity index (χ4n) is 5.77. The maximum atomic E-state index is 14.0. The number of carbonyl (C=O) groups excluding carboxylic acids is 3. The molecular weight excluding hydrogens is 542 g/mol. The number of aromatic amines is 1. The highest BCUT2D eigenvalue weighted by molar-refractivity contribution is 7.07. The normalized spacial score (nSPS) is 17.5. The van der Waals surface area contributed by atoms with Gasteiger partial charge < -0.3 is 30.5 Å². The summed E-state index contributed by atoms with van der Waals surface area (Å²) in [4.78, 5) is 58.4. The van der Waals surface area contributed by atoms with E-state index >= 15 is 0 Å². The van der Waals surface area contributed by atoms with E-state index in [2.05, 4.69) is 15.6 Å². The van der Waals surface area contributed by atoms with Gasteiger partial charge in [0.1, 0.15) is 12.1 Å². The van der Waals surface area contributed by atoms with Crippen molar-refractivity contribution in [3.63, 3.8) is 0 Å². The van der Waals surface area contributed by atoms with Gasteiger partial charge in [0, 0.05) is 42.9 Å². The lowest BCUT2D eigenvalue weighted by atomic mass is 9.94. The Morgan fingerprint density at radius 1 is 1.12 bits per heavy atom. The number of amides is 4. The van der Waals surface area contributed by atoms with Gasteiger partial charge in [-0.2, -0.15) is 11.3 Å². The Morgan fingerprint density at radius 3 is 2.73 bits per heavy atom. The summed E-state index contributed by atoms with van der Waals surface area (Å²) in [5.41, 5.74) is 4.82. The number of para-hydroxylation sites is 2. The first kappa shape index (κ1) is 26.6. The van der Waals surface area contributed by atoms with E-state index in [4.69, 9.17) is 0 Å². The van der Waals surface area contributed by atoms with Crippen molar-refractivity contribution in [3.8, 4) is 0 Å². The van der Waals surface area contributed by atoms with Crippen molar-refractivity contribution in [2.45, 2.75) is 44.3 Å². The second kappa shape index (κ2) is 11.1. The molecule has 1 fully saturated rings. The van der Waals surface area contributed by atoms with E-state index in [9.17, 15) is 24.3 Å². The molecule has 41 heavy (non-hydrogen) atoms. The van der Waals surface area contributed by atoms with Crippen molar-refractivity contribution in [2.75, 3.05) is 16.3 Å². The number of fused-ring (bicyclic) bond motifs is 2. The molecule has 0 saturated carbocycles. The number of nitrogens with one attached hydrogen (secondary N) is 3. The number of thiophene rings is 1. The van der Waals surface area contributed by atoms with Gasteiger partial charge in [-0.25, -0.2) is 4.79 Å². The summed E-state index contributed by atoms with van der Waals surface area (Å²) in [6, 6.07) is 13.1. The van der Waals surface area contributed by atoms with E-state index in [1.807, 2.05) is 59.3 Å². The lowest BCUT2D eigenvalue weighted by molar-refractivity contribution is -0.129. The molecule has 0 spiro atoms. The van der Waals surface area contributed by atoms with Crippen molar-refractivity contribution in [2.24, 2.45) is 0 Å². The number of aromatic nitrogens is 1. The maximum absolute atomic E-state index is 14.0. The molecule has 10 nitrogen and oxygen atoms in total. The largest absolute Gasteiger partial charge is 0.465 e. The molecule has 4 aromatic rings. The third-order valence-corrected chi connectivity index (χ3v) is 8.40. The van der Waals surface area contributed by atoms with Crippen molar-refractivity contribution in [1.82, 2.24) is 15.6 Å². The van der Waals surface area contributed by atoms with Gasteiger partial charge in [-0.05, 0) is 52.1 Å². The zero-order valence-electron chi connectivity index (χ0n) is 22.1. The Balaban J connectivity index is 1.30. The van der Waals surface area contributed by atoms with E-state index in [0.29, 0.717) is 24.3 Å². The van der Waals surface area contributed by atoms with Crippen LogP contribution >= 0.6 is 11.3 Å². The van der Waals surface area contributed by atoms with Gasteiger partial charge in [0.25, 0.3) is 0 Å². The minimum absolute atomic E-state index is 0.0247. The summed E-state index contributed by atoms with van der Waals surface area (Å²) in [6.07, 6.45) is 2.00. The molecule has 1 saturated heterocycles. The van der Waals surface area contributed by atoms with E-state index < -0.39 is 24.1 Å². The van der Waals surface area contributed by atoms with Crippen molar-refractivity contribution < 1.29 is 24.3 Å². The molecule has 2 aromatic carbocycles. The fraction of sp³-hybridized carbons (Fsp3) is 0.267. The summed E-state index contributed by atoms with van der Waals surface area (Å²) in [5.74, 6) is -0.866. The molecule has 0 radical (unpaired) electrons. The topological polar surface area (TPSA) is 135 Å². The second-order valence-corrected chi connectivity index (χ2v) is 11.1. The number of rotatable bonds is 8. The summed E-state index contributed by atoms with van der Waals surface area (Å²) in [7, 11) is 0. The average molecular weight is 572 g/mol. The molecule has 4 amide bonds. The highest BCUT2D eigenvalue weighted by atomic mass is 32.1. The fourth-order valence-corrected chi connectivity index (χ4v) is 6.43. The van der Waals surface area contributed by atoms with Gasteiger partial charge in [0.15, 0.2) is 0 Å². The van der Waals surface area contributed by atoms with E-state index in [0.717, 1.165) is 34.0 Å². The van der Waals surface area contributed by atoms with Gasteiger partial charge in [-0.15, -0.1) is 0 Å². The molecule has 4 heterocycles. The van der Waals surface area contributed by atoms with Gasteiger partial charge in [0.2, 0.25) is 17.7 Å². The van der Waals surface area contributed by atoms with Crippen LogP contribution < -0.4 is 20.4 Å². The minimum atomic E-state index is -1.33. The smallest absolute Gasteiger partial charge is 0.405 e. The Kier molecular flexibility index (Phi) is 7.19. The molecule has 210 valence electrons. The molecule has 11 heteroatoms. The van der Waals surface area contributed by atoms with E-state index in [-0.39, 0.29) is 31.2 Å². The average Bonchev–Trinajstić information content (AvgIpc) is 3.72. The first-order valence-corrected chi connectivity index (χ1v) is 14.4. The summed E-state index contributed by atoms with van der Waals surface area (Å²) in [6.45, 7) is 0.874. The van der Waals surface area contributed by atoms with Gasteiger partial charge >= 0.3 is 6.09 Å². The van der Waals surface area contributed by atoms with Crippen LogP contribution in [-0.2, 0) is 33.8 Å². The second-order valence-electron chi connectivity index (χ2n) is 10.3. The predicted octanol–water partition coefficient (Wildman–Crippen LogP) is 3.81. The van der Waals surface area contributed by atoms with Gasteiger partial charge in [-0.3, -0.25) is 14.4 Å². The first-order chi connectivity index (χ1) is 19.9. The summed E-state index contributed by atoms with van der Waals surface area (Å²) in [5, 5.41) is 19.5. The van der Waals surface area contributed by atoms with Crippen LogP contribution in [0.3, 0.4) is 0 Å². The quantitative estimate of drug-likeness (QED) is 0.255. The Morgan fingerprint density at radius 2 is 1.98 bits per heavy atom. The standard InChI is InChI=1S/C30H29N5O5S/c36-26-9-4-11-34(26)25-8-3-5-19-13-24(29(38)35(27(19)25)16-18-10-12-41-17-18)32-28(37)23(33-30(39)40)14-20-15-31-22-7-2-1-6-21(20)22/h1-3,5-8,10,12,15,17,23-24,31,33H,4,9,11,13-14,16H2,(H,32,37)(H,39,40)/t23-,24?/m1/s1. The van der Waals surface area contributed by atoms with Crippen LogP contribution in [0.2, 0.25) is 0 Å². The lowest BCUT2D eigenvalue weighted by Crippen LogP contribution is -2.57. The van der Waals surface area contributed by atoms with E-state index in [1.165, 1.54) is 11.3 Å². The molecule has 0 bridgehead atoms. The van der Waals surface area contributed by atoms with Crippen LogP contribution in [-0.4, -0.2) is 52.5 Å². The third kappa shape index (κ3) is 5.28. The molecule has 2 aliphatic rings. The maximum Gasteiger partial charge on any atom is 0.405 e. The Bertz CT molecular complexity index is 1630. The number of hydrogen-bond donors (Lipinski definition) is 4. The molecule has 4 N–H and O–H groups in total. The lowest BCUT2D eigenvalue weighted by Gasteiger charge is -2.37. The van der Waals surface area contributed by atoms with Crippen LogP contribution in [0.5, 0.6) is 0 Å². The minimum Gasteiger partial charge on any atom is -0.465 e. The third-order valence-electron chi connectivity index (χ3n) is 7.67. The monoisotopic (exact) mass is 571 g/mol. The summed E-state index contributed by atoms with van der Waals surface area (Å²) < 4.78 is 0. The van der Waals surface area contributed by atoms with Gasteiger partial charge in [-0.1, -0.05) is 30.3 Å². The van der Waals surface area contributed by atoms with Crippen molar-refractivity contribution in [1.29, 1.82) is 0 Å². The molecular formula is C30H29N5O5S. The van der Waals surface area contributed by atoms with Gasteiger partial charge in [0.05, 0.1) is 17.9 Å². The van der Waals surface area contributed by atoms with Crippen molar-refractivity contribution >= 4 is 57.4 Å². The number of hydrogen-bond acceptors (Lipinski definition) is 5. The predicted molar refractivity (Wildman–Crippen MR) is 156 cm³/mol. The highest BCUT2D eigenvalue weighted by Gasteiger charge is 2.38. The first-order valence-electron chi connectivity index (χ1n) is 13.5. The number of benzene rings is 2. The Labute approximate surface area is 240 Å². The van der Waals surface area contributed by atoms with E-state index in [1.54, 1.807) is 16.0 Å². The number of carbonyl (C=O) groups is 4. The Hall–Kier alpha value is -4.64. The van der Waals surface area contributed by atoms with Crippen molar-refractivity contribution in [3.05, 3.63) is 82.2 Å². The number of anilines is 2. The molecule has 2 aliphatic heterocycles. The van der Waals surface area contributed by atoms with Crippen LogP contribution in [0.25, 0.3) is 10.9 Å². The number of nitrogens with zero attached hydrogens (tertiary/aromatic N) is 2. The zero-order chi connectivity index (χ0) is 28.5. The molecule has 6 rings (SSSR count). The molecule has 2 atom stereocenters. The van der Waals surface area contributed by atoms with Crippen LogP contribution in [0, 0.1) is 0 Å². The number of H-pyrrole nitrogens is 1. The molecule has 2 aromatic heterocycles. The number of carboxylic acid groups (broad SMARTS) is 1. The molecule has 0 aliphatic carbocycles.